The Morgan fingerprint density at radius 3 is 2.51 bits per heavy atom. The van der Waals surface area contributed by atoms with Gasteiger partial charge in [0.05, 0.1) is 10.3 Å². The molecule has 1 aliphatic heterocycles. The summed E-state index contributed by atoms with van der Waals surface area (Å²) in [5.41, 5.74) is 3.95. The van der Waals surface area contributed by atoms with Crippen molar-refractivity contribution in [1.82, 2.24) is 20.2 Å². The number of likely N-dealkylation sites (tertiary alicyclic amines) is 1. The fraction of sp³-hybridized carbons (Fsp3) is 0.321. The van der Waals surface area contributed by atoms with Gasteiger partial charge in [0.15, 0.2) is 0 Å². The molecule has 1 aliphatic rings. The van der Waals surface area contributed by atoms with E-state index in [1.165, 1.54) is 36.2 Å². The molecule has 0 unspecified atom stereocenters. The Kier molecular flexibility index (Phi) is 7.06. The Morgan fingerprint density at radius 2 is 1.74 bits per heavy atom. The first-order valence-electron chi connectivity index (χ1n) is 12.2. The Morgan fingerprint density at radius 1 is 1.03 bits per heavy atom. The summed E-state index contributed by atoms with van der Waals surface area (Å²) in [5, 5.41) is 3.58. The first-order chi connectivity index (χ1) is 17.1. The summed E-state index contributed by atoms with van der Waals surface area (Å²) < 4.78 is 0. The van der Waals surface area contributed by atoms with E-state index in [9.17, 15) is 9.59 Å². The number of rotatable bonds is 7. The molecular formula is C28H30N4O2S. The van der Waals surface area contributed by atoms with E-state index in [4.69, 9.17) is 0 Å². The molecule has 0 spiro atoms. The molecule has 7 heteroatoms. The van der Waals surface area contributed by atoms with E-state index in [0.29, 0.717) is 39.4 Å². The van der Waals surface area contributed by atoms with Crippen LogP contribution in [0, 0.1) is 6.92 Å². The van der Waals surface area contributed by atoms with Crippen LogP contribution in [0.1, 0.15) is 57.0 Å². The third-order valence-corrected chi connectivity index (χ3v) is 7.86. The van der Waals surface area contributed by atoms with Crippen LogP contribution in [0.5, 0.6) is 0 Å². The summed E-state index contributed by atoms with van der Waals surface area (Å²) in [6, 6.07) is 18.2. The minimum atomic E-state index is -0.194. The first-order valence-corrected chi connectivity index (χ1v) is 13.0. The Labute approximate surface area is 209 Å². The lowest BCUT2D eigenvalue weighted by atomic mass is 10.0. The smallest absolute Gasteiger partial charge is 0.261 e. The van der Waals surface area contributed by atoms with Crippen LogP contribution in [0.3, 0.4) is 0 Å². The topological polar surface area (TPSA) is 78.1 Å². The van der Waals surface area contributed by atoms with Crippen molar-refractivity contribution in [3.05, 3.63) is 97.9 Å². The van der Waals surface area contributed by atoms with Gasteiger partial charge in [-0.15, -0.1) is 11.3 Å². The van der Waals surface area contributed by atoms with Gasteiger partial charge in [0.25, 0.3) is 11.5 Å². The second-order valence-corrected chi connectivity index (χ2v) is 10.2. The molecular weight excluding hydrogens is 456 g/mol. The molecule has 2 N–H and O–H groups in total. The van der Waals surface area contributed by atoms with E-state index >= 15 is 0 Å². The van der Waals surface area contributed by atoms with Crippen LogP contribution in [0.2, 0.25) is 0 Å². The Balaban J connectivity index is 1.33. The highest BCUT2D eigenvalue weighted by Gasteiger charge is 2.20. The van der Waals surface area contributed by atoms with Crippen molar-refractivity contribution in [2.75, 3.05) is 13.1 Å². The number of hydrogen-bond acceptors (Lipinski definition) is 5. The van der Waals surface area contributed by atoms with Crippen molar-refractivity contribution < 1.29 is 4.79 Å². The second kappa shape index (κ2) is 10.5. The molecule has 35 heavy (non-hydrogen) atoms. The van der Waals surface area contributed by atoms with Crippen molar-refractivity contribution in [1.29, 1.82) is 0 Å². The molecule has 0 bridgehead atoms. The number of aryl methyl sites for hydroxylation is 1. The number of thiophene rings is 1. The van der Waals surface area contributed by atoms with Gasteiger partial charge in [-0.1, -0.05) is 61.0 Å². The Bertz CT molecular complexity index is 1390. The van der Waals surface area contributed by atoms with E-state index in [2.05, 4.69) is 38.4 Å². The second-order valence-electron chi connectivity index (χ2n) is 9.20. The molecule has 2 aromatic heterocycles. The van der Waals surface area contributed by atoms with Gasteiger partial charge in [-0.05, 0) is 55.1 Å². The van der Waals surface area contributed by atoms with Crippen LogP contribution < -0.4 is 10.9 Å². The summed E-state index contributed by atoms with van der Waals surface area (Å²) in [4.78, 5) is 37.2. The molecule has 1 fully saturated rings. The zero-order chi connectivity index (χ0) is 24.2. The first kappa shape index (κ1) is 23.5. The zero-order valence-corrected chi connectivity index (χ0v) is 20.8. The van der Waals surface area contributed by atoms with E-state index < -0.39 is 0 Å². The lowest BCUT2D eigenvalue weighted by Gasteiger charge is -2.27. The van der Waals surface area contributed by atoms with Crippen LogP contribution in [-0.2, 0) is 19.5 Å². The van der Waals surface area contributed by atoms with Crippen LogP contribution >= 0.6 is 11.3 Å². The van der Waals surface area contributed by atoms with E-state index in [-0.39, 0.29) is 11.5 Å². The predicted octanol–water partition coefficient (Wildman–Crippen LogP) is 4.80. The van der Waals surface area contributed by atoms with Gasteiger partial charge in [-0.25, -0.2) is 4.98 Å². The molecule has 0 radical (unpaired) electrons. The van der Waals surface area contributed by atoms with Crippen LogP contribution in [0.15, 0.2) is 59.4 Å². The maximum atomic E-state index is 13.1. The summed E-state index contributed by atoms with van der Waals surface area (Å²) in [7, 11) is 0. The molecule has 1 saturated heterocycles. The number of benzene rings is 2. The van der Waals surface area contributed by atoms with Gasteiger partial charge in [0, 0.05) is 19.5 Å². The number of carbonyl (C=O) groups is 1. The van der Waals surface area contributed by atoms with Crippen molar-refractivity contribution in [2.45, 2.75) is 45.7 Å². The SMILES string of the molecule is Cc1c(C(=O)NCc2ccccc2CN2CCCCC2)sc2nc(Cc3ccccc3)[nH]c(=O)c12. The van der Waals surface area contributed by atoms with Crippen LogP contribution in [0.25, 0.3) is 10.2 Å². The molecule has 0 aliphatic carbocycles. The highest BCUT2D eigenvalue weighted by Crippen LogP contribution is 2.27. The quantitative estimate of drug-likeness (QED) is 0.393. The highest BCUT2D eigenvalue weighted by molar-refractivity contribution is 7.20. The number of H-pyrrole nitrogens is 1. The number of aromatic amines is 1. The number of aromatic nitrogens is 2. The standard InChI is InChI=1S/C28H30N4O2S/c1-19-24-26(33)30-23(16-20-10-4-2-5-11-20)31-28(24)35-25(19)27(34)29-17-21-12-6-7-13-22(21)18-32-14-8-3-9-15-32/h2,4-7,10-13H,3,8-9,14-18H2,1H3,(H,29,34)(H,30,31,33). The number of carbonyl (C=O) groups excluding carboxylic acids is 1. The summed E-state index contributed by atoms with van der Waals surface area (Å²) >= 11 is 1.29. The summed E-state index contributed by atoms with van der Waals surface area (Å²) in [5.74, 6) is 0.441. The zero-order valence-electron chi connectivity index (χ0n) is 20.0. The number of fused-ring (bicyclic) bond motifs is 1. The normalized spacial score (nSPS) is 14.3. The minimum absolute atomic E-state index is 0.165. The van der Waals surface area contributed by atoms with Crippen molar-refractivity contribution in [3.63, 3.8) is 0 Å². The van der Waals surface area contributed by atoms with Gasteiger partial charge in [-0.2, -0.15) is 0 Å². The fourth-order valence-electron chi connectivity index (χ4n) is 4.78. The Hall–Kier alpha value is -3.29. The van der Waals surface area contributed by atoms with Crippen LogP contribution in [0.4, 0.5) is 0 Å². The molecule has 180 valence electrons. The molecule has 0 atom stereocenters. The van der Waals surface area contributed by atoms with Crippen molar-refractivity contribution in [2.24, 2.45) is 0 Å². The molecule has 6 nitrogen and oxygen atoms in total. The number of nitrogens with one attached hydrogen (secondary N) is 2. The lowest BCUT2D eigenvalue weighted by Crippen LogP contribution is -2.30. The van der Waals surface area contributed by atoms with Crippen LogP contribution in [-0.4, -0.2) is 33.9 Å². The molecule has 3 heterocycles. The fourth-order valence-corrected chi connectivity index (χ4v) is 5.89. The molecule has 4 aromatic rings. The summed E-state index contributed by atoms with van der Waals surface area (Å²) in [6.07, 6.45) is 4.36. The maximum absolute atomic E-state index is 13.1. The highest BCUT2D eigenvalue weighted by atomic mass is 32.1. The third-order valence-electron chi connectivity index (χ3n) is 6.67. The van der Waals surface area contributed by atoms with E-state index in [1.54, 1.807) is 0 Å². The maximum Gasteiger partial charge on any atom is 0.261 e. The minimum Gasteiger partial charge on any atom is -0.347 e. The van der Waals surface area contributed by atoms with Gasteiger partial charge in [0.2, 0.25) is 0 Å². The largest absolute Gasteiger partial charge is 0.347 e. The van der Waals surface area contributed by atoms with Crippen molar-refractivity contribution >= 4 is 27.5 Å². The van der Waals surface area contributed by atoms with E-state index in [0.717, 1.165) is 30.8 Å². The van der Waals surface area contributed by atoms with Gasteiger partial charge < -0.3 is 10.3 Å². The van der Waals surface area contributed by atoms with Gasteiger partial charge in [-0.3, -0.25) is 14.5 Å². The number of piperidine rings is 1. The van der Waals surface area contributed by atoms with Gasteiger partial charge in [0.1, 0.15) is 10.7 Å². The summed E-state index contributed by atoms with van der Waals surface area (Å²) in [6.45, 7) is 5.47. The number of amides is 1. The third kappa shape index (κ3) is 5.36. The predicted molar refractivity (Wildman–Crippen MR) is 141 cm³/mol. The molecule has 5 rings (SSSR count). The lowest BCUT2D eigenvalue weighted by molar-refractivity contribution is 0.0954. The molecule has 2 aromatic carbocycles. The number of nitrogens with zero attached hydrogens (tertiary/aromatic N) is 2. The monoisotopic (exact) mass is 486 g/mol. The average Bonchev–Trinajstić information content (AvgIpc) is 3.21. The molecule has 0 saturated carbocycles. The van der Waals surface area contributed by atoms with Gasteiger partial charge >= 0.3 is 0 Å². The van der Waals surface area contributed by atoms with Crippen molar-refractivity contribution in [3.8, 4) is 0 Å². The number of hydrogen-bond donors (Lipinski definition) is 2. The average molecular weight is 487 g/mol. The molecule has 1 amide bonds. The van der Waals surface area contributed by atoms with E-state index in [1.807, 2.05) is 43.3 Å².